The first kappa shape index (κ1) is 22.4. The highest BCUT2D eigenvalue weighted by Gasteiger charge is 2.25. The molecule has 0 aliphatic carbocycles. The monoisotopic (exact) mass is 457 g/mol. The quantitative estimate of drug-likeness (QED) is 0.658. The summed E-state index contributed by atoms with van der Waals surface area (Å²) in [5.74, 6) is 0.115. The summed E-state index contributed by atoms with van der Waals surface area (Å²) in [6.45, 7) is -1.89. The number of benzene rings is 2. The van der Waals surface area contributed by atoms with Gasteiger partial charge < -0.3 is 24.4 Å². The van der Waals surface area contributed by atoms with Gasteiger partial charge in [-0.15, -0.1) is 0 Å². The number of rotatable bonds is 7. The number of ether oxygens (including phenoxy) is 2. The van der Waals surface area contributed by atoms with E-state index in [1.165, 1.54) is 54.5 Å². The van der Waals surface area contributed by atoms with Crippen molar-refractivity contribution in [1.82, 2.24) is 4.90 Å². The molecule has 2 N–H and O–H groups in total. The maximum atomic E-state index is 12.9. The van der Waals surface area contributed by atoms with Crippen molar-refractivity contribution in [2.75, 3.05) is 42.9 Å². The molecule has 9 nitrogen and oxygen atoms in total. The van der Waals surface area contributed by atoms with Gasteiger partial charge in [0.05, 0.1) is 23.4 Å². The summed E-state index contributed by atoms with van der Waals surface area (Å²) >= 11 is 0. The molecule has 0 spiro atoms. The molecule has 0 bridgehead atoms. The Bertz CT molecular complexity index is 1040. The Morgan fingerprint density at radius 1 is 1.10 bits per heavy atom. The number of para-hydroxylation sites is 2. The molecule has 1 heterocycles. The molecule has 1 amide bonds. The predicted octanol–water partition coefficient (Wildman–Crippen LogP) is 2.90. The number of sulfonamides is 1. The molecule has 0 atom stereocenters. The van der Waals surface area contributed by atoms with Crippen LogP contribution in [-0.4, -0.2) is 64.4 Å². The largest absolute Gasteiger partial charge is 0.495 e. The van der Waals surface area contributed by atoms with Crippen LogP contribution in [0.15, 0.2) is 47.4 Å². The van der Waals surface area contributed by atoms with Crippen molar-refractivity contribution in [2.45, 2.75) is 11.5 Å². The van der Waals surface area contributed by atoms with E-state index in [2.05, 4.69) is 9.46 Å². The Morgan fingerprint density at radius 2 is 1.77 bits per heavy atom. The van der Waals surface area contributed by atoms with Crippen molar-refractivity contribution in [3.05, 3.63) is 42.5 Å². The van der Waals surface area contributed by atoms with Crippen LogP contribution in [0, 0.1) is 0 Å². The third kappa shape index (κ3) is 5.26. The van der Waals surface area contributed by atoms with E-state index in [0.29, 0.717) is 24.5 Å². The summed E-state index contributed by atoms with van der Waals surface area (Å²) < 4.78 is 63.0. The van der Waals surface area contributed by atoms with Gasteiger partial charge in [0.1, 0.15) is 11.5 Å². The minimum atomic E-state index is -4.14. The number of hydrogen-bond acceptors (Lipinski definition) is 6. The van der Waals surface area contributed by atoms with Crippen LogP contribution in [0.2, 0.25) is 0 Å². The lowest BCUT2D eigenvalue weighted by Crippen LogP contribution is -2.48. The predicted molar refractivity (Wildman–Crippen MR) is 109 cm³/mol. The molecule has 12 heteroatoms. The van der Waals surface area contributed by atoms with Crippen LogP contribution >= 0.6 is 0 Å². The van der Waals surface area contributed by atoms with Gasteiger partial charge in [-0.1, -0.05) is 12.1 Å². The van der Waals surface area contributed by atoms with Crippen LogP contribution in [-0.2, 0) is 10.0 Å². The minimum Gasteiger partial charge on any atom is -0.495 e. The van der Waals surface area contributed by atoms with Crippen molar-refractivity contribution < 1.29 is 36.6 Å². The fourth-order valence-electron chi connectivity index (χ4n) is 3.18. The van der Waals surface area contributed by atoms with Crippen molar-refractivity contribution >= 4 is 27.5 Å². The average Bonchev–Trinajstić information content (AvgIpc) is 2.74. The number of nitrogens with one attached hydrogen (secondary N) is 1. The Labute approximate surface area is 177 Å². The molecular formula is C19H21F2N3O6S. The number of carboxylic acid groups (broad SMARTS) is 1. The SMILES string of the molecule is COc1ccc(S(=O)(=O)Nc2ccccc2OC(F)F)cc1N1CCN(C(=O)O)CC1. The van der Waals surface area contributed by atoms with Gasteiger partial charge in [0.15, 0.2) is 0 Å². The van der Waals surface area contributed by atoms with Gasteiger partial charge in [-0.2, -0.15) is 8.78 Å². The lowest BCUT2D eigenvalue weighted by atomic mass is 10.2. The first-order chi connectivity index (χ1) is 14.7. The molecule has 2 aromatic rings. The molecular weight excluding hydrogens is 436 g/mol. The van der Waals surface area contributed by atoms with E-state index >= 15 is 0 Å². The molecule has 0 radical (unpaired) electrons. The molecule has 1 aliphatic heterocycles. The second-order valence-corrected chi connectivity index (χ2v) is 8.25. The summed E-state index contributed by atoms with van der Waals surface area (Å²) in [6.07, 6.45) is -1.02. The number of methoxy groups -OCH3 is 1. The number of amides is 1. The topological polar surface area (TPSA) is 108 Å². The Kier molecular flexibility index (Phi) is 6.68. The second-order valence-electron chi connectivity index (χ2n) is 6.57. The lowest BCUT2D eigenvalue weighted by molar-refractivity contribution is -0.0493. The van der Waals surface area contributed by atoms with E-state index in [4.69, 9.17) is 9.84 Å². The summed E-state index contributed by atoms with van der Waals surface area (Å²) in [5.41, 5.74) is 0.350. The zero-order valence-corrected chi connectivity index (χ0v) is 17.3. The van der Waals surface area contributed by atoms with Crippen molar-refractivity contribution in [2.24, 2.45) is 0 Å². The van der Waals surface area contributed by atoms with E-state index in [9.17, 15) is 22.0 Å². The van der Waals surface area contributed by atoms with E-state index < -0.39 is 22.7 Å². The average molecular weight is 457 g/mol. The molecule has 2 aromatic carbocycles. The molecule has 168 valence electrons. The molecule has 1 fully saturated rings. The highest BCUT2D eigenvalue weighted by molar-refractivity contribution is 7.92. The smallest absolute Gasteiger partial charge is 0.407 e. The zero-order chi connectivity index (χ0) is 22.6. The summed E-state index contributed by atoms with van der Waals surface area (Å²) in [6, 6.07) is 9.67. The third-order valence-corrected chi connectivity index (χ3v) is 6.06. The maximum Gasteiger partial charge on any atom is 0.407 e. The van der Waals surface area contributed by atoms with E-state index in [-0.39, 0.29) is 29.4 Å². The van der Waals surface area contributed by atoms with E-state index in [1.807, 2.05) is 4.90 Å². The number of alkyl halides is 2. The molecule has 0 aromatic heterocycles. The van der Waals surface area contributed by atoms with Gasteiger partial charge in [-0.3, -0.25) is 4.72 Å². The summed E-state index contributed by atoms with van der Waals surface area (Å²) in [7, 11) is -2.70. The summed E-state index contributed by atoms with van der Waals surface area (Å²) in [4.78, 5) is 14.1. The first-order valence-corrected chi connectivity index (χ1v) is 10.7. The third-order valence-electron chi connectivity index (χ3n) is 4.70. The van der Waals surface area contributed by atoms with Gasteiger partial charge in [0.2, 0.25) is 0 Å². The molecule has 3 rings (SSSR count). The van der Waals surface area contributed by atoms with Crippen LogP contribution in [0.1, 0.15) is 0 Å². The Hall–Kier alpha value is -3.28. The minimum absolute atomic E-state index is 0.115. The van der Waals surface area contributed by atoms with Gasteiger partial charge >= 0.3 is 12.7 Å². The Morgan fingerprint density at radius 3 is 2.39 bits per heavy atom. The number of halogens is 2. The lowest BCUT2D eigenvalue weighted by Gasteiger charge is -2.35. The van der Waals surface area contributed by atoms with Gasteiger partial charge in [-0.05, 0) is 30.3 Å². The number of piperazine rings is 1. The van der Waals surface area contributed by atoms with Crippen LogP contribution in [0.5, 0.6) is 11.5 Å². The van der Waals surface area contributed by atoms with Crippen molar-refractivity contribution in [1.29, 1.82) is 0 Å². The highest BCUT2D eigenvalue weighted by atomic mass is 32.2. The van der Waals surface area contributed by atoms with Gasteiger partial charge in [0, 0.05) is 26.2 Å². The number of carbonyl (C=O) groups is 1. The molecule has 1 saturated heterocycles. The Balaban J connectivity index is 1.88. The number of nitrogens with zero attached hydrogens (tertiary/aromatic N) is 2. The van der Waals surface area contributed by atoms with E-state index in [1.54, 1.807) is 0 Å². The number of anilines is 2. The first-order valence-electron chi connectivity index (χ1n) is 9.19. The number of hydrogen-bond donors (Lipinski definition) is 2. The molecule has 31 heavy (non-hydrogen) atoms. The van der Waals surface area contributed by atoms with E-state index in [0.717, 1.165) is 0 Å². The van der Waals surface area contributed by atoms with Crippen LogP contribution in [0.25, 0.3) is 0 Å². The fraction of sp³-hybridized carbons (Fsp3) is 0.316. The fourth-order valence-corrected chi connectivity index (χ4v) is 4.27. The second kappa shape index (κ2) is 9.25. The summed E-state index contributed by atoms with van der Waals surface area (Å²) in [5, 5.41) is 9.10. The standard InChI is InChI=1S/C19H21F2N3O6S/c1-29-17-7-6-13(12-15(17)23-8-10-24(11-9-23)19(25)26)31(27,28)22-14-4-2-3-5-16(14)30-18(20)21/h2-7,12,18,22H,8-11H2,1H3,(H,25,26). The molecule has 1 aliphatic rings. The van der Waals surface area contributed by atoms with Crippen molar-refractivity contribution in [3.8, 4) is 11.5 Å². The van der Waals surface area contributed by atoms with Crippen molar-refractivity contribution in [3.63, 3.8) is 0 Å². The molecule has 0 saturated carbocycles. The van der Waals surface area contributed by atoms with Gasteiger partial charge in [0.25, 0.3) is 10.0 Å². The van der Waals surface area contributed by atoms with Crippen LogP contribution < -0.4 is 19.1 Å². The van der Waals surface area contributed by atoms with Crippen LogP contribution in [0.3, 0.4) is 0 Å². The normalized spacial score (nSPS) is 14.5. The highest BCUT2D eigenvalue weighted by Crippen LogP contribution is 2.33. The van der Waals surface area contributed by atoms with Gasteiger partial charge in [-0.25, -0.2) is 13.2 Å². The van der Waals surface area contributed by atoms with Crippen LogP contribution in [0.4, 0.5) is 25.0 Å². The molecule has 0 unspecified atom stereocenters. The maximum absolute atomic E-state index is 12.9. The zero-order valence-electron chi connectivity index (χ0n) is 16.5.